The fourth-order valence-electron chi connectivity index (χ4n) is 4.44. The summed E-state index contributed by atoms with van der Waals surface area (Å²) in [5.41, 5.74) is -1.48. The molecule has 4 atom stereocenters. The molecule has 3 aromatic carbocycles. The highest BCUT2D eigenvalue weighted by Crippen LogP contribution is 2.24. The summed E-state index contributed by atoms with van der Waals surface area (Å²) in [6, 6.07) is 25.5. The van der Waals surface area contributed by atoms with Gasteiger partial charge in [0.1, 0.15) is 38.1 Å². The van der Waals surface area contributed by atoms with Gasteiger partial charge in [-0.05, 0) is 29.2 Å². The van der Waals surface area contributed by atoms with Crippen LogP contribution in [0.2, 0.25) is 6.04 Å². The van der Waals surface area contributed by atoms with E-state index in [-0.39, 0.29) is 32.8 Å². The van der Waals surface area contributed by atoms with E-state index in [4.69, 9.17) is 19.3 Å². The Morgan fingerprint density at radius 2 is 1.00 bits per heavy atom. The first kappa shape index (κ1) is 37.0. The number of rotatable bonds is 18. The average Bonchev–Trinajstić information content (AvgIpc) is 3.11. The second-order valence-corrected chi connectivity index (χ2v) is 14.2. The molecule has 0 fully saturated rings. The van der Waals surface area contributed by atoms with E-state index >= 15 is 0 Å². The quantitative estimate of drug-likeness (QED) is 0.0654. The molecule has 4 unspecified atom stereocenters. The number of carbonyl (C=O) groups excluding carboxylic acids is 4. The molecule has 0 bridgehead atoms. The second kappa shape index (κ2) is 18.6. The van der Waals surface area contributed by atoms with Gasteiger partial charge >= 0.3 is 8.07 Å². The fourth-order valence-corrected chi connectivity index (χ4v) is 7.22. The molecule has 0 aliphatic heterocycles. The van der Waals surface area contributed by atoms with Gasteiger partial charge in [0, 0.05) is 6.54 Å². The van der Waals surface area contributed by atoms with Gasteiger partial charge in [0.25, 0.3) is 22.7 Å². The zero-order chi connectivity index (χ0) is 34.2. The van der Waals surface area contributed by atoms with Gasteiger partial charge in [0.15, 0.2) is 6.10 Å². The van der Waals surface area contributed by atoms with Gasteiger partial charge in [0.05, 0.1) is 6.61 Å². The van der Waals surface area contributed by atoms with Crippen LogP contribution in [0, 0.1) is 0 Å². The molecule has 0 aromatic heterocycles. The Balaban J connectivity index is 1.83. The Bertz CT molecular complexity index is 1290. The zero-order valence-electron chi connectivity index (χ0n) is 25.5. The van der Waals surface area contributed by atoms with Gasteiger partial charge in [-0.3, -0.25) is 19.2 Å². The lowest BCUT2D eigenvalue weighted by atomic mass is 10.0. The number of aliphatic hydroxyl groups excluding tert-OH is 5. The summed E-state index contributed by atoms with van der Waals surface area (Å²) in [4.78, 5) is 54.0. The minimum absolute atomic E-state index is 0.163. The van der Waals surface area contributed by atoms with Crippen LogP contribution < -0.4 is 5.32 Å². The van der Waals surface area contributed by atoms with Crippen LogP contribution in [0.3, 0.4) is 0 Å². The van der Waals surface area contributed by atoms with Crippen molar-refractivity contribution in [3.8, 4) is 0 Å². The highest BCUT2D eigenvalue weighted by molar-refractivity contribution is 7.38. The highest BCUT2D eigenvalue weighted by Gasteiger charge is 2.62. The average molecular weight is 670 g/mol. The van der Waals surface area contributed by atoms with Crippen LogP contribution in [0.5, 0.6) is 0 Å². The topological polar surface area (TPSA) is 209 Å². The molecule has 0 spiro atoms. The van der Waals surface area contributed by atoms with Crippen molar-refractivity contribution in [1.82, 2.24) is 5.32 Å². The summed E-state index contributed by atoms with van der Waals surface area (Å²) < 4.78 is 16.6. The Morgan fingerprint density at radius 3 is 1.36 bits per heavy atom. The van der Waals surface area contributed by atoms with Crippen molar-refractivity contribution < 1.29 is 58.9 Å². The lowest BCUT2D eigenvalue weighted by molar-refractivity contribution is -0.148. The molecule has 0 aliphatic rings. The summed E-state index contributed by atoms with van der Waals surface area (Å²) in [6.45, 7) is -1.94. The molecule has 252 valence electrons. The molecule has 0 heterocycles. The number of ether oxygens (including phenoxy) is 3. The molecule has 0 saturated carbocycles. The Kier molecular flexibility index (Phi) is 14.7. The number of aliphatic hydroxyl groups is 5. The highest BCUT2D eigenvalue weighted by atomic mass is 28.3. The summed E-state index contributed by atoms with van der Waals surface area (Å²) in [6.07, 6.45) is -8.34. The van der Waals surface area contributed by atoms with Crippen molar-refractivity contribution in [2.75, 3.05) is 13.2 Å². The van der Waals surface area contributed by atoms with E-state index in [1.807, 2.05) is 0 Å². The first-order valence-corrected chi connectivity index (χ1v) is 17.0. The van der Waals surface area contributed by atoms with E-state index in [1.165, 1.54) is 0 Å². The number of hydrogen-bond donors (Lipinski definition) is 6. The molecular weight excluding hydrogens is 630 g/mol. The van der Waals surface area contributed by atoms with Crippen molar-refractivity contribution in [2.45, 2.75) is 56.7 Å². The number of benzene rings is 3. The van der Waals surface area contributed by atoms with Crippen molar-refractivity contribution in [1.29, 1.82) is 0 Å². The minimum atomic E-state index is -4.67. The molecular formula is C33H39NO12Si. The smallest absolute Gasteiger partial charge is 0.431 e. The molecule has 6 N–H and O–H groups in total. The van der Waals surface area contributed by atoms with E-state index in [0.29, 0.717) is 16.7 Å². The molecule has 47 heavy (non-hydrogen) atoms. The van der Waals surface area contributed by atoms with Crippen LogP contribution in [0.1, 0.15) is 23.1 Å². The summed E-state index contributed by atoms with van der Waals surface area (Å²) >= 11 is 0. The van der Waals surface area contributed by atoms with Crippen molar-refractivity contribution in [3.63, 3.8) is 0 Å². The molecule has 0 aliphatic carbocycles. The number of carbonyl (C=O) groups is 4. The third kappa shape index (κ3) is 10.5. The maximum absolute atomic E-state index is 13.8. The van der Waals surface area contributed by atoms with Gasteiger partial charge in [-0.25, -0.2) is 0 Å². The van der Waals surface area contributed by atoms with Gasteiger partial charge in [-0.2, -0.15) is 0 Å². The molecule has 13 nitrogen and oxygen atoms in total. The van der Waals surface area contributed by atoms with E-state index in [9.17, 15) is 39.6 Å². The van der Waals surface area contributed by atoms with Crippen LogP contribution in [0.4, 0.5) is 14.4 Å². The second-order valence-electron chi connectivity index (χ2n) is 10.7. The maximum Gasteiger partial charge on any atom is 0.431 e. The van der Waals surface area contributed by atoms with Crippen LogP contribution >= 0.6 is 0 Å². The monoisotopic (exact) mass is 669 g/mol. The largest absolute Gasteiger partial charge is 0.464 e. The van der Waals surface area contributed by atoms with Gasteiger partial charge in [-0.15, -0.1) is 0 Å². The number of hydrogen-bond acceptors (Lipinski definition) is 12. The molecule has 3 aromatic rings. The zero-order valence-corrected chi connectivity index (χ0v) is 26.5. The maximum atomic E-state index is 13.8. The predicted molar refractivity (Wildman–Crippen MR) is 169 cm³/mol. The van der Waals surface area contributed by atoms with Gasteiger partial charge < -0.3 is 45.1 Å². The Labute approximate surface area is 272 Å². The SMILES string of the molecule is O=C(NCCC[Si](C(=O)OCc1ccccc1)(C(=O)OCc1ccccc1)C(=O)OCc1ccccc1)C(O)C(O)C(O)C(O)CO. The first-order chi connectivity index (χ1) is 22.6. The van der Waals surface area contributed by atoms with Crippen molar-refractivity contribution >= 4 is 30.8 Å². The summed E-state index contributed by atoms with van der Waals surface area (Å²) in [7, 11) is -4.67. The summed E-state index contributed by atoms with van der Waals surface area (Å²) in [5, 5.41) is 50.7. The molecule has 14 heteroatoms. The van der Waals surface area contributed by atoms with Crippen LogP contribution in [-0.4, -0.2) is 93.9 Å². The molecule has 3 rings (SSSR count). The van der Waals surface area contributed by atoms with Gasteiger partial charge in [0.2, 0.25) is 0 Å². The minimum Gasteiger partial charge on any atom is -0.464 e. The van der Waals surface area contributed by atoms with Crippen LogP contribution in [0.25, 0.3) is 0 Å². The lowest BCUT2D eigenvalue weighted by Gasteiger charge is -2.26. The fraction of sp³-hybridized carbons (Fsp3) is 0.333. The van der Waals surface area contributed by atoms with E-state index < -0.39 is 67.8 Å². The van der Waals surface area contributed by atoms with E-state index in [0.717, 1.165) is 0 Å². The van der Waals surface area contributed by atoms with Crippen LogP contribution in [-0.2, 0) is 38.8 Å². The molecule has 1 amide bonds. The van der Waals surface area contributed by atoms with Crippen molar-refractivity contribution in [3.05, 3.63) is 108 Å². The third-order valence-corrected chi connectivity index (χ3v) is 10.9. The predicted octanol–water partition coefficient (Wildman–Crippen LogP) is 2.13. The summed E-state index contributed by atoms with van der Waals surface area (Å²) in [5.74, 6) is -1.15. The lowest BCUT2D eigenvalue weighted by Crippen LogP contribution is -2.60. The Morgan fingerprint density at radius 1 is 0.617 bits per heavy atom. The van der Waals surface area contributed by atoms with Gasteiger partial charge in [-0.1, -0.05) is 91.0 Å². The van der Waals surface area contributed by atoms with E-state index in [2.05, 4.69) is 5.32 Å². The molecule has 0 saturated heterocycles. The normalized spacial score (nSPS) is 13.8. The first-order valence-electron chi connectivity index (χ1n) is 14.8. The van der Waals surface area contributed by atoms with Crippen molar-refractivity contribution in [2.24, 2.45) is 0 Å². The third-order valence-electron chi connectivity index (χ3n) is 7.23. The standard InChI is InChI=1S/C33H39NO12Si/c35-19-26(36)27(37)28(38)29(39)30(40)34-17-10-18-47(31(41)44-20-23-11-4-1-5-12-23,32(42)45-21-24-13-6-2-7-14-24)33(43)46-22-25-15-8-3-9-16-25/h1-9,11-16,26-29,35-39H,10,17-22H2,(H,34,40). The molecule has 0 radical (unpaired) electrons. The number of amides is 1. The Hall–Kier alpha value is -4.44. The van der Waals surface area contributed by atoms with Crippen LogP contribution in [0.15, 0.2) is 91.0 Å². The van der Waals surface area contributed by atoms with E-state index in [1.54, 1.807) is 91.0 Å². The number of nitrogens with one attached hydrogen (secondary N) is 1.